The highest BCUT2D eigenvalue weighted by atomic mass is 127. The van der Waals surface area contributed by atoms with E-state index in [4.69, 9.17) is 0 Å². The van der Waals surface area contributed by atoms with Gasteiger partial charge < -0.3 is 10.6 Å². The molecule has 0 atom stereocenters. The lowest BCUT2D eigenvalue weighted by Crippen LogP contribution is -2.50. The van der Waals surface area contributed by atoms with Crippen LogP contribution < -0.4 is 10.6 Å². The third-order valence-electron chi connectivity index (χ3n) is 5.74. The second-order valence-corrected chi connectivity index (χ2v) is 10.6. The van der Waals surface area contributed by atoms with Gasteiger partial charge in [0.15, 0.2) is 5.96 Å². The Kier molecular flexibility index (Phi) is 10.1. The summed E-state index contributed by atoms with van der Waals surface area (Å²) >= 11 is 1.76. The number of sulfonamides is 1. The van der Waals surface area contributed by atoms with E-state index in [0.717, 1.165) is 57.8 Å². The maximum Gasteiger partial charge on any atom is 0.211 e. The minimum Gasteiger partial charge on any atom is -0.356 e. The molecule has 0 radical (unpaired) electrons. The molecule has 3 heterocycles. The summed E-state index contributed by atoms with van der Waals surface area (Å²) in [5.41, 5.74) is 1.41. The van der Waals surface area contributed by atoms with Crippen LogP contribution in [0.2, 0.25) is 0 Å². The third-order valence-corrected chi connectivity index (χ3v) is 7.77. The van der Waals surface area contributed by atoms with E-state index in [1.54, 1.807) is 15.6 Å². The number of likely N-dealkylation sites (tertiary alicyclic amines) is 1. The van der Waals surface area contributed by atoms with Crippen LogP contribution in [-0.4, -0.2) is 75.7 Å². The Bertz CT molecular complexity index is 726. The largest absolute Gasteiger partial charge is 0.356 e. The molecule has 0 bridgehead atoms. The Morgan fingerprint density at radius 2 is 1.90 bits per heavy atom. The van der Waals surface area contributed by atoms with Crippen molar-refractivity contribution in [2.75, 3.05) is 46.0 Å². The average molecular weight is 556 g/mol. The quantitative estimate of drug-likeness (QED) is 0.320. The van der Waals surface area contributed by atoms with Crippen LogP contribution in [-0.2, 0) is 16.6 Å². The van der Waals surface area contributed by atoms with Gasteiger partial charge in [-0.15, -0.1) is 24.0 Å². The summed E-state index contributed by atoms with van der Waals surface area (Å²) in [5, 5.41) is 11.4. The number of aliphatic imine (C=N–C) groups is 1. The van der Waals surface area contributed by atoms with Gasteiger partial charge in [0.05, 0.1) is 6.26 Å². The molecule has 2 N–H and O–H groups in total. The van der Waals surface area contributed by atoms with E-state index in [2.05, 4.69) is 37.4 Å². The SMILES string of the molecule is CN=C(NCC1CCN(S(C)(=O)=O)CC1)NC1CCN(Cc2ccsc2)CC1.I. The molecular formula is C19H34IN5O2S2. The zero-order valence-corrected chi connectivity index (χ0v) is 21.3. The van der Waals surface area contributed by atoms with Crippen molar-refractivity contribution in [3.05, 3.63) is 22.4 Å². The highest BCUT2D eigenvalue weighted by Crippen LogP contribution is 2.18. The van der Waals surface area contributed by atoms with Gasteiger partial charge in [-0.2, -0.15) is 11.3 Å². The van der Waals surface area contributed by atoms with Gasteiger partial charge in [0, 0.05) is 52.4 Å². The topological polar surface area (TPSA) is 77.0 Å². The van der Waals surface area contributed by atoms with E-state index in [-0.39, 0.29) is 24.0 Å². The molecule has 0 amide bonds. The summed E-state index contributed by atoms with van der Waals surface area (Å²) in [6, 6.07) is 2.67. The van der Waals surface area contributed by atoms with Crippen molar-refractivity contribution in [3.63, 3.8) is 0 Å². The summed E-state index contributed by atoms with van der Waals surface area (Å²) in [6.07, 6.45) is 5.34. The molecule has 2 saturated heterocycles. The smallest absolute Gasteiger partial charge is 0.211 e. The number of nitrogens with zero attached hydrogens (tertiary/aromatic N) is 3. The van der Waals surface area contributed by atoms with E-state index in [1.165, 1.54) is 11.8 Å². The molecule has 1 aromatic heterocycles. The first-order valence-electron chi connectivity index (χ1n) is 10.1. The maximum absolute atomic E-state index is 11.6. The predicted molar refractivity (Wildman–Crippen MR) is 132 cm³/mol. The number of hydrogen-bond acceptors (Lipinski definition) is 5. The van der Waals surface area contributed by atoms with Crippen molar-refractivity contribution in [2.45, 2.75) is 38.3 Å². The van der Waals surface area contributed by atoms with Crippen molar-refractivity contribution in [3.8, 4) is 0 Å². The molecule has 0 unspecified atom stereocenters. The monoisotopic (exact) mass is 555 g/mol. The molecule has 7 nitrogen and oxygen atoms in total. The van der Waals surface area contributed by atoms with Gasteiger partial charge in [-0.05, 0) is 54.0 Å². The molecule has 2 aliphatic rings. The van der Waals surface area contributed by atoms with Crippen molar-refractivity contribution in [1.29, 1.82) is 0 Å². The first-order chi connectivity index (χ1) is 13.4. The normalized spacial score (nSPS) is 21.0. The predicted octanol–water partition coefficient (Wildman–Crippen LogP) is 2.17. The summed E-state index contributed by atoms with van der Waals surface area (Å²) in [5.74, 6) is 1.35. The van der Waals surface area contributed by atoms with E-state index < -0.39 is 10.0 Å². The second-order valence-electron chi connectivity index (χ2n) is 7.88. The van der Waals surface area contributed by atoms with Gasteiger partial charge in [-0.3, -0.25) is 9.89 Å². The fourth-order valence-electron chi connectivity index (χ4n) is 3.95. The first-order valence-corrected chi connectivity index (χ1v) is 12.9. The molecule has 29 heavy (non-hydrogen) atoms. The molecule has 0 saturated carbocycles. The van der Waals surface area contributed by atoms with E-state index >= 15 is 0 Å². The summed E-state index contributed by atoms with van der Waals surface area (Å²) < 4.78 is 24.8. The van der Waals surface area contributed by atoms with Gasteiger partial charge in [-0.25, -0.2) is 12.7 Å². The van der Waals surface area contributed by atoms with E-state index in [1.807, 2.05) is 7.05 Å². The second kappa shape index (κ2) is 11.8. The van der Waals surface area contributed by atoms with Crippen molar-refractivity contribution < 1.29 is 8.42 Å². The number of piperidine rings is 2. The van der Waals surface area contributed by atoms with Gasteiger partial charge in [0.1, 0.15) is 0 Å². The summed E-state index contributed by atoms with van der Waals surface area (Å²) in [7, 11) is -1.24. The third kappa shape index (κ3) is 7.97. The van der Waals surface area contributed by atoms with Crippen LogP contribution in [0, 0.1) is 5.92 Å². The van der Waals surface area contributed by atoms with Crippen LogP contribution in [0.25, 0.3) is 0 Å². The van der Waals surface area contributed by atoms with Crippen LogP contribution in [0.3, 0.4) is 0 Å². The van der Waals surface area contributed by atoms with Crippen LogP contribution >= 0.6 is 35.3 Å². The van der Waals surface area contributed by atoms with Crippen LogP contribution in [0.1, 0.15) is 31.2 Å². The molecule has 10 heteroatoms. The minimum atomic E-state index is -3.05. The zero-order chi connectivity index (χ0) is 20.0. The lowest BCUT2D eigenvalue weighted by molar-refractivity contribution is 0.198. The number of thiophene rings is 1. The maximum atomic E-state index is 11.6. The molecule has 2 aliphatic heterocycles. The molecule has 0 aromatic carbocycles. The molecule has 166 valence electrons. The van der Waals surface area contributed by atoms with Gasteiger partial charge in [-0.1, -0.05) is 0 Å². The van der Waals surface area contributed by atoms with Crippen molar-refractivity contribution in [1.82, 2.24) is 19.8 Å². The zero-order valence-electron chi connectivity index (χ0n) is 17.3. The summed E-state index contributed by atoms with van der Waals surface area (Å²) in [6.45, 7) is 5.35. The Balaban J connectivity index is 0.00000300. The van der Waals surface area contributed by atoms with E-state index in [9.17, 15) is 8.42 Å². The molecule has 0 aliphatic carbocycles. The summed E-state index contributed by atoms with van der Waals surface area (Å²) in [4.78, 5) is 6.90. The standard InChI is InChI=1S/C19H33N5O2S2.HI/c1-20-19(21-13-16-3-10-24(11-4-16)28(2,25)26)22-18-5-8-23(9-6-18)14-17-7-12-27-15-17;/h7,12,15-16,18H,3-6,8-11,13-14H2,1-2H3,(H2,20,21,22);1H. The Hall–Kier alpha value is -0.430. The molecule has 2 fully saturated rings. The van der Waals surface area contributed by atoms with Gasteiger partial charge in [0.2, 0.25) is 10.0 Å². The van der Waals surface area contributed by atoms with Crippen molar-refractivity contribution in [2.24, 2.45) is 10.9 Å². The molecular weight excluding hydrogens is 521 g/mol. The Morgan fingerprint density at radius 1 is 1.21 bits per heavy atom. The average Bonchev–Trinajstić information content (AvgIpc) is 3.19. The lowest BCUT2D eigenvalue weighted by Gasteiger charge is -2.33. The number of guanidine groups is 1. The fourth-order valence-corrected chi connectivity index (χ4v) is 5.48. The fraction of sp³-hybridized carbons (Fsp3) is 0.737. The first kappa shape index (κ1) is 24.8. The highest BCUT2D eigenvalue weighted by Gasteiger charge is 2.25. The minimum absolute atomic E-state index is 0. The van der Waals surface area contributed by atoms with E-state index in [0.29, 0.717) is 25.0 Å². The van der Waals surface area contributed by atoms with Gasteiger partial charge in [0.25, 0.3) is 0 Å². The Labute approximate surface area is 196 Å². The molecule has 1 aromatic rings. The van der Waals surface area contributed by atoms with Crippen LogP contribution in [0.5, 0.6) is 0 Å². The molecule has 3 rings (SSSR count). The number of hydrogen-bond donors (Lipinski definition) is 2. The van der Waals surface area contributed by atoms with Crippen molar-refractivity contribution >= 4 is 51.3 Å². The number of nitrogens with one attached hydrogen (secondary N) is 2. The van der Waals surface area contributed by atoms with Crippen LogP contribution in [0.15, 0.2) is 21.8 Å². The number of rotatable bonds is 6. The Morgan fingerprint density at radius 3 is 2.45 bits per heavy atom. The lowest BCUT2D eigenvalue weighted by atomic mass is 9.98. The van der Waals surface area contributed by atoms with Crippen LogP contribution in [0.4, 0.5) is 0 Å². The highest BCUT2D eigenvalue weighted by molar-refractivity contribution is 14.0. The number of halogens is 1. The molecule has 0 spiro atoms. The van der Waals surface area contributed by atoms with Gasteiger partial charge >= 0.3 is 0 Å².